The number of hydrogen-bond donors (Lipinski definition) is 2. The van der Waals surface area contributed by atoms with E-state index in [0.29, 0.717) is 19.0 Å². The van der Waals surface area contributed by atoms with Crippen LogP contribution in [0, 0.1) is 0 Å². The smallest absolute Gasteiger partial charge is 0.417 e. The number of nitrogens with zero attached hydrogens (tertiary/aromatic N) is 2. The van der Waals surface area contributed by atoms with Crippen molar-refractivity contribution in [3.05, 3.63) is 46.3 Å². The van der Waals surface area contributed by atoms with Crippen LogP contribution in [0.1, 0.15) is 10.4 Å². The number of nitrogens with one attached hydrogen (secondary N) is 2. The quantitative estimate of drug-likeness (QED) is 0.474. The third-order valence-electron chi connectivity index (χ3n) is 2.94. The van der Waals surface area contributed by atoms with Gasteiger partial charge in [0, 0.05) is 24.2 Å². The second kappa shape index (κ2) is 8.53. The van der Waals surface area contributed by atoms with Gasteiger partial charge in [0.1, 0.15) is 6.61 Å². The Kier molecular flexibility index (Phi) is 6.42. The minimum absolute atomic E-state index is 0.145. The molecule has 2 heterocycles. The maximum Gasteiger partial charge on any atom is 0.417 e. The molecule has 0 amide bonds. The largest absolute Gasteiger partial charge is 0.476 e. The zero-order valence-electron chi connectivity index (χ0n) is 12.9. The van der Waals surface area contributed by atoms with Crippen LogP contribution in [-0.2, 0) is 12.7 Å². The average Bonchev–Trinajstić information content (AvgIpc) is 3.07. The van der Waals surface area contributed by atoms with E-state index in [2.05, 4.69) is 20.6 Å². The summed E-state index contributed by atoms with van der Waals surface area (Å²) in [6.45, 7) is 1.35. The molecule has 0 fully saturated rings. The Morgan fingerprint density at radius 3 is 2.71 bits per heavy atom. The van der Waals surface area contributed by atoms with Crippen molar-refractivity contribution in [2.75, 3.05) is 20.2 Å². The van der Waals surface area contributed by atoms with Crippen molar-refractivity contribution in [1.29, 1.82) is 0 Å². The fourth-order valence-corrected chi connectivity index (χ4v) is 2.41. The molecule has 0 aliphatic carbocycles. The first-order valence-corrected chi connectivity index (χ1v) is 8.00. The van der Waals surface area contributed by atoms with E-state index in [4.69, 9.17) is 4.74 Å². The number of pyridine rings is 1. The van der Waals surface area contributed by atoms with Gasteiger partial charge in [0.15, 0.2) is 5.96 Å². The number of hydrogen-bond acceptors (Lipinski definition) is 4. The van der Waals surface area contributed by atoms with Crippen LogP contribution in [0.2, 0.25) is 0 Å². The first-order valence-electron chi connectivity index (χ1n) is 7.12. The van der Waals surface area contributed by atoms with Gasteiger partial charge < -0.3 is 15.4 Å². The molecule has 2 N–H and O–H groups in total. The lowest BCUT2D eigenvalue weighted by Gasteiger charge is -2.12. The summed E-state index contributed by atoms with van der Waals surface area (Å²) in [6.07, 6.45) is -3.64. The number of aliphatic imine (C=N–C) groups is 1. The molecule has 0 aliphatic heterocycles. The summed E-state index contributed by atoms with van der Waals surface area (Å²) in [6, 6.07) is 6.14. The van der Waals surface area contributed by atoms with Gasteiger partial charge in [-0.05, 0) is 17.5 Å². The second-order valence-corrected chi connectivity index (χ2v) is 5.70. The van der Waals surface area contributed by atoms with Gasteiger partial charge in [-0.25, -0.2) is 4.98 Å². The standard InChI is InChI=1S/C15H17F3N4OS/c1-19-14(22-10-12-3-2-8-24-12)20-6-7-23-13-5-4-11(9-21-13)15(16,17)18/h2-5,8-9H,6-7,10H2,1H3,(H2,19,20,22). The Bertz CT molecular complexity index is 642. The minimum Gasteiger partial charge on any atom is -0.476 e. The first-order chi connectivity index (χ1) is 11.5. The van der Waals surface area contributed by atoms with Gasteiger partial charge in [-0.15, -0.1) is 11.3 Å². The predicted molar refractivity (Wildman–Crippen MR) is 87.3 cm³/mol. The van der Waals surface area contributed by atoms with Gasteiger partial charge in [0.05, 0.1) is 18.7 Å². The molecular weight excluding hydrogens is 341 g/mol. The Balaban J connectivity index is 1.69. The highest BCUT2D eigenvalue weighted by Gasteiger charge is 2.30. The molecule has 0 aromatic carbocycles. The summed E-state index contributed by atoms with van der Waals surface area (Å²) in [7, 11) is 1.65. The monoisotopic (exact) mass is 358 g/mol. The Hall–Kier alpha value is -2.29. The van der Waals surface area contributed by atoms with Crippen molar-refractivity contribution in [1.82, 2.24) is 15.6 Å². The van der Waals surface area contributed by atoms with Crippen LogP contribution in [0.15, 0.2) is 40.8 Å². The number of aromatic nitrogens is 1. The summed E-state index contributed by atoms with van der Waals surface area (Å²) in [5.74, 6) is 0.763. The van der Waals surface area contributed by atoms with E-state index in [0.717, 1.165) is 12.3 Å². The molecule has 130 valence electrons. The summed E-state index contributed by atoms with van der Waals surface area (Å²) in [5, 5.41) is 8.19. The van der Waals surface area contributed by atoms with Crippen molar-refractivity contribution < 1.29 is 17.9 Å². The third-order valence-corrected chi connectivity index (χ3v) is 3.82. The number of halogens is 3. The molecule has 0 spiro atoms. The minimum atomic E-state index is -4.40. The zero-order valence-corrected chi connectivity index (χ0v) is 13.7. The first kappa shape index (κ1) is 18.1. The van der Waals surface area contributed by atoms with Gasteiger partial charge in [0.25, 0.3) is 0 Å². The topological polar surface area (TPSA) is 58.5 Å². The lowest BCUT2D eigenvalue weighted by molar-refractivity contribution is -0.137. The third kappa shape index (κ3) is 5.73. The Morgan fingerprint density at radius 1 is 1.29 bits per heavy atom. The lowest BCUT2D eigenvalue weighted by Crippen LogP contribution is -2.38. The molecule has 0 saturated carbocycles. The van der Waals surface area contributed by atoms with Gasteiger partial charge >= 0.3 is 6.18 Å². The number of ether oxygens (including phenoxy) is 1. The van der Waals surface area contributed by atoms with Crippen LogP contribution in [0.25, 0.3) is 0 Å². The molecule has 2 aromatic heterocycles. The van der Waals surface area contributed by atoms with Gasteiger partial charge in [-0.1, -0.05) is 6.07 Å². The van der Waals surface area contributed by atoms with Crippen molar-refractivity contribution in [3.63, 3.8) is 0 Å². The highest BCUT2D eigenvalue weighted by atomic mass is 32.1. The molecule has 0 atom stereocenters. The maximum absolute atomic E-state index is 12.4. The second-order valence-electron chi connectivity index (χ2n) is 4.66. The van der Waals surface area contributed by atoms with Crippen molar-refractivity contribution in [2.45, 2.75) is 12.7 Å². The molecule has 0 radical (unpaired) electrons. The molecule has 0 unspecified atom stereocenters. The van der Waals surface area contributed by atoms with Crippen LogP contribution >= 0.6 is 11.3 Å². The van der Waals surface area contributed by atoms with E-state index in [9.17, 15) is 13.2 Å². The molecule has 2 rings (SSSR count). The highest BCUT2D eigenvalue weighted by Crippen LogP contribution is 2.29. The van der Waals surface area contributed by atoms with E-state index in [1.54, 1.807) is 18.4 Å². The molecule has 0 bridgehead atoms. The summed E-state index contributed by atoms with van der Waals surface area (Å²) in [5.41, 5.74) is -0.800. The molecule has 9 heteroatoms. The maximum atomic E-state index is 12.4. The summed E-state index contributed by atoms with van der Waals surface area (Å²) < 4.78 is 42.6. The molecule has 5 nitrogen and oxygen atoms in total. The zero-order chi connectivity index (χ0) is 17.4. The van der Waals surface area contributed by atoms with E-state index >= 15 is 0 Å². The van der Waals surface area contributed by atoms with Gasteiger partial charge in [0.2, 0.25) is 5.88 Å². The van der Waals surface area contributed by atoms with E-state index in [-0.39, 0.29) is 12.5 Å². The number of alkyl halides is 3. The molecular formula is C15H17F3N4OS. The lowest BCUT2D eigenvalue weighted by atomic mass is 10.3. The van der Waals surface area contributed by atoms with E-state index in [1.807, 2.05) is 17.5 Å². The Morgan fingerprint density at radius 2 is 2.12 bits per heavy atom. The van der Waals surface area contributed by atoms with E-state index < -0.39 is 11.7 Å². The van der Waals surface area contributed by atoms with Crippen LogP contribution in [-0.4, -0.2) is 31.1 Å². The van der Waals surface area contributed by atoms with Crippen LogP contribution in [0.4, 0.5) is 13.2 Å². The average molecular weight is 358 g/mol. The predicted octanol–water partition coefficient (Wildman–Crippen LogP) is 2.91. The van der Waals surface area contributed by atoms with Crippen molar-refractivity contribution in [2.24, 2.45) is 4.99 Å². The van der Waals surface area contributed by atoms with Crippen LogP contribution < -0.4 is 15.4 Å². The summed E-state index contributed by atoms with van der Waals surface area (Å²) in [4.78, 5) is 8.89. The SMILES string of the molecule is CN=C(NCCOc1ccc(C(F)(F)F)cn1)NCc1cccs1. The molecule has 0 aliphatic rings. The normalized spacial score (nSPS) is 12.1. The van der Waals surface area contributed by atoms with Crippen LogP contribution in [0.5, 0.6) is 5.88 Å². The van der Waals surface area contributed by atoms with Crippen molar-refractivity contribution in [3.8, 4) is 5.88 Å². The van der Waals surface area contributed by atoms with Gasteiger partial charge in [-0.3, -0.25) is 4.99 Å². The molecule has 0 saturated heterocycles. The molecule has 24 heavy (non-hydrogen) atoms. The number of rotatable bonds is 6. The van der Waals surface area contributed by atoms with E-state index in [1.165, 1.54) is 10.9 Å². The molecule has 2 aromatic rings. The van der Waals surface area contributed by atoms with Crippen LogP contribution in [0.3, 0.4) is 0 Å². The van der Waals surface area contributed by atoms with Crippen molar-refractivity contribution >= 4 is 17.3 Å². The number of guanidine groups is 1. The highest BCUT2D eigenvalue weighted by molar-refractivity contribution is 7.09. The Labute approximate surface area is 141 Å². The fourth-order valence-electron chi connectivity index (χ4n) is 1.76. The fraction of sp³-hybridized carbons (Fsp3) is 0.333. The number of thiophene rings is 1. The van der Waals surface area contributed by atoms with Gasteiger partial charge in [-0.2, -0.15) is 13.2 Å². The summed E-state index contributed by atoms with van der Waals surface area (Å²) >= 11 is 1.65.